The van der Waals surface area contributed by atoms with Gasteiger partial charge in [0.05, 0.1) is 16.5 Å². The van der Waals surface area contributed by atoms with Crippen molar-refractivity contribution in [1.82, 2.24) is 4.72 Å². The molecule has 1 aromatic rings. The van der Waals surface area contributed by atoms with Crippen molar-refractivity contribution in [3.8, 4) is 5.75 Å². The highest BCUT2D eigenvalue weighted by Gasteiger charge is 2.27. The highest BCUT2D eigenvalue weighted by Crippen LogP contribution is 2.29. The van der Waals surface area contributed by atoms with Crippen LogP contribution in [-0.2, 0) is 10.0 Å². The predicted molar refractivity (Wildman–Crippen MR) is 97.7 cm³/mol. The van der Waals surface area contributed by atoms with Crippen LogP contribution in [0, 0.1) is 5.92 Å². The molecule has 1 atom stereocenters. The average molecular weight is 428 g/mol. The molecule has 0 saturated heterocycles. The van der Waals surface area contributed by atoms with Crippen LogP contribution < -0.4 is 15.2 Å². The van der Waals surface area contributed by atoms with Crippen LogP contribution in [0.1, 0.15) is 32.1 Å². The quantitative estimate of drug-likeness (QED) is 0.731. The van der Waals surface area contributed by atoms with E-state index in [0.717, 1.165) is 30.2 Å². The third-order valence-electron chi connectivity index (χ3n) is 4.21. The fraction of sp³-hybridized carbons (Fsp3) is 0.600. The minimum atomic E-state index is -3.60. The summed E-state index contributed by atoms with van der Waals surface area (Å²) in [6.07, 6.45) is 5.59. The van der Waals surface area contributed by atoms with E-state index >= 15 is 0 Å². The van der Waals surface area contributed by atoms with Gasteiger partial charge < -0.3 is 10.5 Å². The second-order valence-electron chi connectivity index (χ2n) is 5.66. The van der Waals surface area contributed by atoms with E-state index in [4.69, 9.17) is 10.5 Å². The first-order valence-electron chi connectivity index (χ1n) is 7.54. The number of halogens is 2. The van der Waals surface area contributed by atoms with Crippen LogP contribution in [0.2, 0.25) is 0 Å². The van der Waals surface area contributed by atoms with Crippen molar-refractivity contribution < 1.29 is 13.2 Å². The maximum Gasteiger partial charge on any atom is 0.241 e. The number of rotatable bonds is 6. The normalized spacial score (nSPS) is 17.3. The summed E-state index contributed by atoms with van der Waals surface area (Å²) in [5.41, 5.74) is 5.81. The molecule has 1 aliphatic rings. The lowest BCUT2D eigenvalue weighted by Gasteiger charge is -2.29. The molecule has 0 radical (unpaired) electrons. The maximum absolute atomic E-state index is 12.6. The first-order valence-corrected chi connectivity index (χ1v) is 9.81. The summed E-state index contributed by atoms with van der Waals surface area (Å²) >= 11 is 3.32. The van der Waals surface area contributed by atoms with Crippen LogP contribution in [0.25, 0.3) is 0 Å². The highest BCUT2D eigenvalue weighted by atomic mass is 79.9. The van der Waals surface area contributed by atoms with Gasteiger partial charge in [-0.15, -0.1) is 12.4 Å². The summed E-state index contributed by atoms with van der Waals surface area (Å²) < 4.78 is 33.8. The van der Waals surface area contributed by atoms with Gasteiger partial charge in [0.1, 0.15) is 5.75 Å². The van der Waals surface area contributed by atoms with E-state index in [-0.39, 0.29) is 23.3 Å². The number of nitrogens with two attached hydrogens (primary N) is 1. The molecule has 132 valence electrons. The maximum atomic E-state index is 12.6. The van der Waals surface area contributed by atoms with Crippen molar-refractivity contribution in [3.05, 3.63) is 22.7 Å². The van der Waals surface area contributed by atoms with Crippen molar-refractivity contribution in [2.24, 2.45) is 11.7 Å². The molecule has 0 aliphatic heterocycles. The van der Waals surface area contributed by atoms with E-state index in [9.17, 15) is 8.42 Å². The molecule has 1 aromatic carbocycles. The fourth-order valence-corrected chi connectivity index (χ4v) is 4.69. The first-order chi connectivity index (χ1) is 10.5. The standard InChI is InChI=1S/C15H23BrN2O3S.ClH/c1-21-15-9-12(7-8-13(15)16)22(19,20)18-14(10-17)11-5-3-2-4-6-11;/h7-9,11,14,18H,2-6,10,17H2,1H3;1H. The molecule has 5 nitrogen and oxygen atoms in total. The van der Waals surface area contributed by atoms with Crippen molar-refractivity contribution in [2.75, 3.05) is 13.7 Å². The zero-order valence-corrected chi connectivity index (χ0v) is 16.3. The summed E-state index contributed by atoms with van der Waals surface area (Å²) in [7, 11) is -2.09. The van der Waals surface area contributed by atoms with Crippen molar-refractivity contribution in [3.63, 3.8) is 0 Å². The molecule has 1 fully saturated rings. The molecule has 23 heavy (non-hydrogen) atoms. The van der Waals surface area contributed by atoms with Gasteiger partial charge in [0.15, 0.2) is 0 Å². The molecule has 1 saturated carbocycles. The summed E-state index contributed by atoms with van der Waals surface area (Å²) in [6, 6.07) is 4.54. The van der Waals surface area contributed by atoms with Gasteiger partial charge in [-0.05, 0) is 46.8 Å². The van der Waals surface area contributed by atoms with Gasteiger partial charge in [0.25, 0.3) is 0 Å². The number of methoxy groups -OCH3 is 1. The number of hydrogen-bond acceptors (Lipinski definition) is 4. The molecule has 0 spiro atoms. The van der Waals surface area contributed by atoms with Gasteiger partial charge in [-0.25, -0.2) is 13.1 Å². The van der Waals surface area contributed by atoms with E-state index < -0.39 is 10.0 Å². The largest absolute Gasteiger partial charge is 0.496 e. The Morgan fingerprint density at radius 1 is 1.35 bits per heavy atom. The predicted octanol–water partition coefficient (Wildman–Crippen LogP) is 3.07. The lowest BCUT2D eigenvalue weighted by Crippen LogP contribution is -2.45. The molecule has 3 N–H and O–H groups in total. The van der Waals surface area contributed by atoms with Gasteiger partial charge >= 0.3 is 0 Å². The van der Waals surface area contributed by atoms with E-state index in [1.807, 2.05) is 0 Å². The van der Waals surface area contributed by atoms with Gasteiger partial charge in [0, 0.05) is 18.7 Å². The number of hydrogen-bond donors (Lipinski definition) is 2. The molecule has 8 heteroatoms. The molecule has 0 amide bonds. The van der Waals surface area contributed by atoms with E-state index in [0.29, 0.717) is 18.2 Å². The SMILES string of the molecule is COc1cc(S(=O)(=O)NC(CN)C2CCCCC2)ccc1Br.Cl. The summed E-state index contributed by atoms with van der Waals surface area (Å²) in [5, 5.41) is 0. The number of sulfonamides is 1. The van der Waals surface area contributed by atoms with Gasteiger partial charge in [0.2, 0.25) is 10.0 Å². The van der Waals surface area contributed by atoms with Crippen LogP contribution in [0.3, 0.4) is 0 Å². The first kappa shape index (κ1) is 20.7. The van der Waals surface area contributed by atoms with Gasteiger partial charge in [-0.1, -0.05) is 19.3 Å². The smallest absolute Gasteiger partial charge is 0.241 e. The Kier molecular flexibility index (Phi) is 8.30. The van der Waals surface area contributed by atoms with Crippen LogP contribution in [0.5, 0.6) is 5.75 Å². The van der Waals surface area contributed by atoms with Crippen molar-refractivity contribution >= 4 is 38.4 Å². The minimum absolute atomic E-state index is 0. The Labute approximate surface area is 152 Å². The molecule has 0 heterocycles. The Morgan fingerprint density at radius 3 is 2.57 bits per heavy atom. The molecular formula is C15H24BrClN2O3S. The Bertz CT molecular complexity index is 607. The van der Waals surface area contributed by atoms with E-state index in [1.54, 1.807) is 12.1 Å². The Hall–Kier alpha value is -0.340. The third-order valence-corrected chi connectivity index (χ3v) is 6.35. The molecule has 1 unspecified atom stereocenters. The van der Waals surface area contributed by atoms with Gasteiger partial charge in [-0.2, -0.15) is 0 Å². The highest BCUT2D eigenvalue weighted by molar-refractivity contribution is 9.10. The van der Waals surface area contributed by atoms with E-state index in [1.165, 1.54) is 19.6 Å². The summed E-state index contributed by atoms with van der Waals surface area (Å²) in [6.45, 7) is 0.317. The molecule has 0 aromatic heterocycles. The van der Waals surface area contributed by atoms with Gasteiger partial charge in [-0.3, -0.25) is 0 Å². The van der Waals surface area contributed by atoms with E-state index in [2.05, 4.69) is 20.7 Å². The second kappa shape index (κ2) is 9.22. The summed E-state index contributed by atoms with van der Waals surface area (Å²) in [5.74, 6) is 0.815. The average Bonchev–Trinajstić information content (AvgIpc) is 2.53. The summed E-state index contributed by atoms with van der Waals surface area (Å²) in [4.78, 5) is 0.196. The van der Waals surface area contributed by atoms with Crippen LogP contribution >= 0.6 is 28.3 Å². The number of nitrogens with one attached hydrogen (secondary N) is 1. The molecule has 2 rings (SSSR count). The molecular weight excluding hydrogens is 404 g/mol. The third kappa shape index (κ3) is 5.32. The molecule has 1 aliphatic carbocycles. The van der Waals surface area contributed by atoms with Crippen LogP contribution in [0.15, 0.2) is 27.6 Å². The zero-order chi connectivity index (χ0) is 16.2. The van der Waals surface area contributed by atoms with Crippen LogP contribution in [-0.4, -0.2) is 28.1 Å². The second-order valence-corrected chi connectivity index (χ2v) is 8.23. The molecule has 0 bridgehead atoms. The van der Waals surface area contributed by atoms with Crippen molar-refractivity contribution in [2.45, 2.75) is 43.0 Å². The van der Waals surface area contributed by atoms with Crippen LogP contribution in [0.4, 0.5) is 0 Å². The minimum Gasteiger partial charge on any atom is -0.496 e. The zero-order valence-electron chi connectivity index (χ0n) is 13.1. The fourth-order valence-electron chi connectivity index (χ4n) is 2.95. The number of ether oxygens (including phenoxy) is 1. The lowest BCUT2D eigenvalue weighted by molar-refractivity contribution is 0.294. The lowest BCUT2D eigenvalue weighted by atomic mass is 9.84. The Balaban J connectivity index is 0.00000264. The Morgan fingerprint density at radius 2 is 2.00 bits per heavy atom. The topological polar surface area (TPSA) is 81.4 Å². The monoisotopic (exact) mass is 426 g/mol. The number of benzene rings is 1. The van der Waals surface area contributed by atoms with Crippen molar-refractivity contribution in [1.29, 1.82) is 0 Å².